The van der Waals surface area contributed by atoms with Crippen molar-refractivity contribution < 1.29 is 14.2 Å². The fourth-order valence-corrected chi connectivity index (χ4v) is 2.23. The topological polar surface area (TPSA) is 55.3 Å². The largest absolute Gasteiger partial charge is 0.497 e. The molecule has 1 N–H and O–H groups in total. The Morgan fingerprint density at radius 1 is 1.20 bits per heavy atom. The standard InChI is InChI=1S/C18H29N3O3.HI/c1-19-18(20-10-12-23-14-15-4-5-15)21(2)11-13-24-17-8-6-16(22-3)7-9-17;/h6-9,15H,4-5,10-14H2,1-3H3,(H,19,20);1H. The molecule has 0 saturated heterocycles. The van der Waals surface area contributed by atoms with Crippen LogP contribution in [0.1, 0.15) is 12.8 Å². The highest BCUT2D eigenvalue weighted by Gasteiger charge is 2.20. The molecule has 7 heteroatoms. The summed E-state index contributed by atoms with van der Waals surface area (Å²) in [5.74, 6) is 3.32. The van der Waals surface area contributed by atoms with Gasteiger partial charge in [-0.15, -0.1) is 24.0 Å². The second-order valence-corrected chi connectivity index (χ2v) is 5.94. The van der Waals surface area contributed by atoms with Gasteiger partial charge in [-0.1, -0.05) is 0 Å². The number of methoxy groups -OCH3 is 1. The second-order valence-electron chi connectivity index (χ2n) is 5.94. The Balaban J connectivity index is 0.00000312. The maximum absolute atomic E-state index is 5.74. The molecule has 1 aliphatic carbocycles. The Hall–Kier alpha value is -1.22. The molecule has 0 bridgehead atoms. The average molecular weight is 463 g/mol. The SMILES string of the molecule is CN=C(NCCOCC1CC1)N(C)CCOc1ccc(OC)cc1.I. The molecule has 0 atom stereocenters. The molecule has 0 aliphatic heterocycles. The monoisotopic (exact) mass is 463 g/mol. The lowest BCUT2D eigenvalue weighted by atomic mass is 10.3. The number of aliphatic imine (C=N–C) groups is 1. The Labute approximate surface area is 167 Å². The normalized spacial score (nSPS) is 13.8. The summed E-state index contributed by atoms with van der Waals surface area (Å²) in [5, 5.41) is 3.31. The summed E-state index contributed by atoms with van der Waals surface area (Å²) in [5.41, 5.74) is 0. The number of likely N-dealkylation sites (N-methyl/N-ethyl adjacent to an activating group) is 1. The molecule has 142 valence electrons. The highest BCUT2D eigenvalue weighted by molar-refractivity contribution is 14.0. The molecule has 1 aromatic carbocycles. The predicted octanol–water partition coefficient (Wildman–Crippen LogP) is 2.63. The van der Waals surface area contributed by atoms with E-state index in [0.29, 0.717) is 13.2 Å². The first kappa shape index (κ1) is 21.8. The Bertz CT molecular complexity index is 507. The van der Waals surface area contributed by atoms with Gasteiger partial charge in [0, 0.05) is 27.2 Å². The minimum absolute atomic E-state index is 0. The number of rotatable bonds is 10. The highest BCUT2D eigenvalue weighted by Crippen LogP contribution is 2.28. The fourth-order valence-electron chi connectivity index (χ4n) is 2.23. The molecule has 6 nitrogen and oxygen atoms in total. The van der Waals surface area contributed by atoms with Crippen molar-refractivity contribution in [1.82, 2.24) is 10.2 Å². The zero-order chi connectivity index (χ0) is 17.2. The number of guanidine groups is 1. The van der Waals surface area contributed by atoms with E-state index in [-0.39, 0.29) is 24.0 Å². The third-order valence-electron chi connectivity index (χ3n) is 3.91. The van der Waals surface area contributed by atoms with E-state index in [4.69, 9.17) is 14.2 Å². The van der Waals surface area contributed by atoms with Crippen LogP contribution in [0.4, 0.5) is 0 Å². The van der Waals surface area contributed by atoms with Crippen molar-refractivity contribution in [2.75, 3.05) is 54.1 Å². The quantitative estimate of drug-likeness (QED) is 0.250. The minimum atomic E-state index is 0. The zero-order valence-corrected chi connectivity index (χ0v) is 17.7. The molecule has 0 radical (unpaired) electrons. The van der Waals surface area contributed by atoms with Crippen LogP contribution in [-0.4, -0.2) is 65.0 Å². The van der Waals surface area contributed by atoms with Crippen molar-refractivity contribution in [2.45, 2.75) is 12.8 Å². The summed E-state index contributed by atoms with van der Waals surface area (Å²) in [6.07, 6.45) is 2.65. The summed E-state index contributed by atoms with van der Waals surface area (Å²) in [6.45, 7) is 3.71. The van der Waals surface area contributed by atoms with Crippen molar-refractivity contribution in [2.24, 2.45) is 10.9 Å². The number of nitrogens with one attached hydrogen (secondary N) is 1. The van der Waals surface area contributed by atoms with Gasteiger partial charge in [-0.3, -0.25) is 4.99 Å². The Kier molecular flexibility index (Phi) is 10.6. The van der Waals surface area contributed by atoms with Crippen LogP contribution in [-0.2, 0) is 4.74 Å². The molecule has 0 amide bonds. The van der Waals surface area contributed by atoms with Crippen LogP contribution in [0.5, 0.6) is 11.5 Å². The van der Waals surface area contributed by atoms with Crippen LogP contribution in [0.2, 0.25) is 0 Å². The first-order valence-electron chi connectivity index (χ1n) is 8.49. The zero-order valence-electron chi connectivity index (χ0n) is 15.4. The van der Waals surface area contributed by atoms with E-state index in [1.165, 1.54) is 12.8 Å². The number of halogens is 1. The van der Waals surface area contributed by atoms with Gasteiger partial charge in [0.25, 0.3) is 0 Å². The maximum atomic E-state index is 5.74. The molecule has 0 aromatic heterocycles. The molecule has 0 unspecified atom stereocenters. The Morgan fingerprint density at radius 3 is 2.48 bits per heavy atom. The van der Waals surface area contributed by atoms with E-state index in [2.05, 4.69) is 10.3 Å². The van der Waals surface area contributed by atoms with Gasteiger partial charge in [0.05, 0.1) is 20.3 Å². The van der Waals surface area contributed by atoms with E-state index >= 15 is 0 Å². The third kappa shape index (κ3) is 8.62. The Morgan fingerprint density at radius 2 is 1.88 bits per heavy atom. The van der Waals surface area contributed by atoms with Gasteiger partial charge >= 0.3 is 0 Å². The van der Waals surface area contributed by atoms with Crippen molar-refractivity contribution in [3.63, 3.8) is 0 Å². The second kappa shape index (κ2) is 12.2. The lowest BCUT2D eigenvalue weighted by Gasteiger charge is -2.22. The highest BCUT2D eigenvalue weighted by atomic mass is 127. The van der Waals surface area contributed by atoms with Crippen LogP contribution in [0.25, 0.3) is 0 Å². The average Bonchev–Trinajstić information content (AvgIpc) is 3.43. The van der Waals surface area contributed by atoms with Gasteiger partial charge in [-0.25, -0.2) is 0 Å². The lowest BCUT2D eigenvalue weighted by Crippen LogP contribution is -2.42. The van der Waals surface area contributed by atoms with Gasteiger partial charge in [0.15, 0.2) is 5.96 Å². The van der Waals surface area contributed by atoms with Crippen LogP contribution in [0.15, 0.2) is 29.3 Å². The first-order chi connectivity index (χ1) is 11.7. The summed E-state index contributed by atoms with van der Waals surface area (Å²) < 4.78 is 16.5. The van der Waals surface area contributed by atoms with Gasteiger partial charge in [-0.2, -0.15) is 0 Å². The van der Waals surface area contributed by atoms with Gasteiger partial charge in [0.1, 0.15) is 18.1 Å². The van der Waals surface area contributed by atoms with E-state index < -0.39 is 0 Å². The fraction of sp³-hybridized carbons (Fsp3) is 0.611. The number of nitrogens with zero attached hydrogens (tertiary/aromatic N) is 2. The van der Waals surface area contributed by atoms with Crippen LogP contribution < -0.4 is 14.8 Å². The molecule has 1 saturated carbocycles. The maximum Gasteiger partial charge on any atom is 0.193 e. The van der Waals surface area contributed by atoms with Crippen molar-refractivity contribution >= 4 is 29.9 Å². The number of benzene rings is 1. The van der Waals surface area contributed by atoms with Gasteiger partial charge in [0.2, 0.25) is 0 Å². The molecule has 0 heterocycles. The summed E-state index contributed by atoms with van der Waals surface area (Å²) in [6, 6.07) is 7.59. The molecule has 1 aromatic rings. The lowest BCUT2D eigenvalue weighted by molar-refractivity contribution is 0.128. The molecule has 0 spiro atoms. The van der Waals surface area contributed by atoms with Crippen molar-refractivity contribution in [3.05, 3.63) is 24.3 Å². The molecule has 25 heavy (non-hydrogen) atoms. The number of ether oxygens (including phenoxy) is 3. The summed E-state index contributed by atoms with van der Waals surface area (Å²) in [7, 11) is 5.44. The smallest absolute Gasteiger partial charge is 0.193 e. The minimum Gasteiger partial charge on any atom is -0.497 e. The number of hydrogen-bond acceptors (Lipinski definition) is 4. The third-order valence-corrected chi connectivity index (χ3v) is 3.91. The van der Waals surface area contributed by atoms with Crippen LogP contribution in [0.3, 0.4) is 0 Å². The van der Waals surface area contributed by atoms with Crippen molar-refractivity contribution in [3.8, 4) is 11.5 Å². The van der Waals surface area contributed by atoms with Crippen LogP contribution in [0, 0.1) is 5.92 Å². The summed E-state index contributed by atoms with van der Waals surface area (Å²) >= 11 is 0. The first-order valence-corrected chi connectivity index (χ1v) is 8.49. The predicted molar refractivity (Wildman–Crippen MR) is 111 cm³/mol. The summed E-state index contributed by atoms with van der Waals surface area (Å²) in [4.78, 5) is 6.33. The van der Waals surface area contributed by atoms with E-state index in [9.17, 15) is 0 Å². The number of hydrogen-bond donors (Lipinski definition) is 1. The van der Waals surface area contributed by atoms with E-state index in [1.807, 2.05) is 36.2 Å². The molecule has 2 rings (SSSR count). The van der Waals surface area contributed by atoms with Crippen molar-refractivity contribution in [1.29, 1.82) is 0 Å². The van der Waals surface area contributed by atoms with E-state index in [1.54, 1.807) is 14.2 Å². The van der Waals surface area contributed by atoms with Gasteiger partial charge in [-0.05, 0) is 43.0 Å². The van der Waals surface area contributed by atoms with Gasteiger partial charge < -0.3 is 24.4 Å². The van der Waals surface area contributed by atoms with E-state index in [0.717, 1.165) is 43.1 Å². The molecular formula is C18H30IN3O3. The molecule has 1 aliphatic rings. The molecular weight excluding hydrogens is 433 g/mol. The van der Waals surface area contributed by atoms with Crippen LogP contribution >= 0.6 is 24.0 Å². The molecule has 1 fully saturated rings.